The average Bonchev–Trinajstić information content (AvgIpc) is 3.15. The number of carbonyl (C=O) groups is 1. The van der Waals surface area contributed by atoms with E-state index < -0.39 is 0 Å². The summed E-state index contributed by atoms with van der Waals surface area (Å²) < 4.78 is 1.89. The molecule has 1 fully saturated rings. The van der Waals surface area contributed by atoms with Gasteiger partial charge < -0.3 is 9.88 Å². The molecule has 1 aliphatic carbocycles. The number of anilines is 1. The average molecular weight is 297 g/mol. The van der Waals surface area contributed by atoms with Crippen molar-refractivity contribution in [1.82, 2.24) is 14.5 Å². The monoisotopic (exact) mass is 296 g/mol. The van der Waals surface area contributed by atoms with Crippen molar-refractivity contribution in [1.29, 1.82) is 0 Å². The number of hydrogen-bond donors (Lipinski definition) is 1. The topological polar surface area (TPSA) is 59.8 Å². The van der Waals surface area contributed by atoms with Crippen molar-refractivity contribution in [3.63, 3.8) is 0 Å². The van der Waals surface area contributed by atoms with Gasteiger partial charge in [0.25, 0.3) is 5.91 Å². The predicted octanol–water partition coefficient (Wildman–Crippen LogP) is 3.17. The van der Waals surface area contributed by atoms with Gasteiger partial charge in [-0.1, -0.05) is 23.2 Å². The lowest BCUT2D eigenvalue weighted by molar-refractivity contribution is 0.101. The fraction of sp³-hybridized carbons (Fsp3) is 0.250. The number of carbonyl (C=O) groups excluding carboxylic acids is 1. The van der Waals surface area contributed by atoms with E-state index in [2.05, 4.69) is 15.3 Å². The van der Waals surface area contributed by atoms with Gasteiger partial charge in [-0.25, -0.2) is 9.97 Å². The van der Waals surface area contributed by atoms with Gasteiger partial charge in [0, 0.05) is 24.6 Å². The van der Waals surface area contributed by atoms with E-state index >= 15 is 0 Å². The van der Waals surface area contributed by atoms with E-state index in [0.717, 1.165) is 12.8 Å². The van der Waals surface area contributed by atoms with Crippen molar-refractivity contribution in [2.75, 3.05) is 5.32 Å². The van der Waals surface area contributed by atoms with E-state index in [4.69, 9.17) is 23.2 Å². The molecule has 0 aromatic carbocycles. The molecule has 0 atom stereocenters. The van der Waals surface area contributed by atoms with Crippen LogP contribution in [-0.2, 0) is 0 Å². The number of aromatic nitrogens is 3. The summed E-state index contributed by atoms with van der Waals surface area (Å²) in [7, 11) is 0. The van der Waals surface area contributed by atoms with Crippen molar-refractivity contribution in [3.05, 3.63) is 40.5 Å². The summed E-state index contributed by atoms with van der Waals surface area (Å²) in [6.07, 6.45) is 6.83. The fourth-order valence-electron chi connectivity index (χ4n) is 1.86. The van der Waals surface area contributed by atoms with E-state index in [1.165, 1.54) is 12.4 Å². The molecule has 1 aliphatic rings. The Kier molecular flexibility index (Phi) is 3.16. The molecule has 0 saturated heterocycles. The minimum Gasteiger partial charge on any atom is -0.339 e. The summed E-state index contributed by atoms with van der Waals surface area (Å²) >= 11 is 11.8. The molecule has 19 heavy (non-hydrogen) atoms. The molecule has 0 aliphatic heterocycles. The first kappa shape index (κ1) is 12.4. The van der Waals surface area contributed by atoms with Gasteiger partial charge in [0.2, 0.25) is 0 Å². The van der Waals surface area contributed by atoms with Crippen LogP contribution in [0.3, 0.4) is 0 Å². The van der Waals surface area contributed by atoms with Gasteiger partial charge in [-0.3, -0.25) is 4.79 Å². The molecular formula is C12H10Cl2N4O. The highest BCUT2D eigenvalue weighted by Gasteiger charge is 2.28. The van der Waals surface area contributed by atoms with Crippen molar-refractivity contribution in [2.24, 2.45) is 0 Å². The lowest BCUT2D eigenvalue weighted by Crippen LogP contribution is -2.17. The van der Waals surface area contributed by atoms with Gasteiger partial charge in [0.15, 0.2) is 11.0 Å². The predicted molar refractivity (Wildman–Crippen MR) is 72.7 cm³/mol. The Morgan fingerprint density at radius 3 is 2.74 bits per heavy atom. The lowest BCUT2D eigenvalue weighted by atomic mass is 10.4. The summed E-state index contributed by atoms with van der Waals surface area (Å²) in [6, 6.07) is 2.00. The molecule has 0 radical (unpaired) electrons. The second-order valence-corrected chi connectivity index (χ2v) is 5.13. The van der Waals surface area contributed by atoms with Crippen LogP contribution >= 0.6 is 23.2 Å². The lowest BCUT2D eigenvalue weighted by Gasteiger charge is -2.08. The van der Waals surface area contributed by atoms with Crippen LogP contribution in [0, 0.1) is 0 Å². The molecule has 1 saturated carbocycles. The van der Waals surface area contributed by atoms with Crippen LogP contribution < -0.4 is 5.32 Å². The standard InChI is InChI=1S/C12H10Cl2N4O/c13-7-5-9(18(6-7)8-1-2-8)12(19)17-11-10(14)15-3-4-16-11/h3-6,8H,1-2H2,(H,16,17,19). The van der Waals surface area contributed by atoms with Crippen molar-refractivity contribution in [2.45, 2.75) is 18.9 Å². The van der Waals surface area contributed by atoms with E-state index in [-0.39, 0.29) is 16.9 Å². The third-order valence-corrected chi connectivity index (χ3v) is 3.36. The van der Waals surface area contributed by atoms with E-state index in [9.17, 15) is 4.79 Å². The maximum Gasteiger partial charge on any atom is 0.273 e. The molecule has 3 rings (SSSR count). The number of hydrogen-bond acceptors (Lipinski definition) is 3. The molecule has 7 heteroatoms. The normalized spacial score (nSPS) is 14.4. The Morgan fingerprint density at radius 1 is 1.32 bits per heavy atom. The third-order valence-electron chi connectivity index (χ3n) is 2.87. The highest BCUT2D eigenvalue weighted by Crippen LogP contribution is 2.37. The Morgan fingerprint density at radius 2 is 2.05 bits per heavy atom. The van der Waals surface area contributed by atoms with Gasteiger partial charge in [0.1, 0.15) is 5.69 Å². The van der Waals surface area contributed by atoms with E-state index in [1.54, 1.807) is 12.3 Å². The molecule has 2 heterocycles. The maximum absolute atomic E-state index is 12.2. The SMILES string of the molecule is O=C(Nc1nccnc1Cl)c1cc(Cl)cn1C1CC1. The highest BCUT2D eigenvalue weighted by molar-refractivity contribution is 6.32. The molecule has 0 bridgehead atoms. The zero-order valence-corrected chi connectivity index (χ0v) is 11.3. The smallest absolute Gasteiger partial charge is 0.273 e. The van der Waals surface area contributed by atoms with E-state index in [0.29, 0.717) is 16.8 Å². The largest absolute Gasteiger partial charge is 0.339 e. The molecule has 0 spiro atoms. The van der Waals surface area contributed by atoms with Crippen LogP contribution in [0.5, 0.6) is 0 Å². The summed E-state index contributed by atoms with van der Waals surface area (Å²) in [4.78, 5) is 20.0. The Bertz CT molecular complexity index is 636. The van der Waals surface area contributed by atoms with Gasteiger partial charge >= 0.3 is 0 Å². The minimum atomic E-state index is -0.291. The van der Waals surface area contributed by atoms with E-state index in [1.807, 2.05) is 4.57 Å². The molecular weight excluding hydrogens is 287 g/mol. The third kappa shape index (κ3) is 2.57. The van der Waals surface area contributed by atoms with Crippen molar-refractivity contribution >= 4 is 34.9 Å². The summed E-state index contributed by atoms with van der Waals surface area (Å²) in [6.45, 7) is 0. The van der Waals surface area contributed by atoms with Crippen molar-refractivity contribution in [3.8, 4) is 0 Å². The minimum absolute atomic E-state index is 0.159. The van der Waals surface area contributed by atoms with Gasteiger partial charge in [0.05, 0.1) is 5.02 Å². The first-order chi connectivity index (χ1) is 9.15. The summed E-state index contributed by atoms with van der Waals surface area (Å²) in [5.74, 6) is -0.0463. The second kappa shape index (κ2) is 4.83. The Hall–Kier alpha value is -1.59. The maximum atomic E-state index is 12.2. The fourth-order valence-corrected chi connectivity index (χ4v) is 2.22. The molecule has 5 nitrogen and oxygen atoms in total. The van der Waals surface area contributed by atoms with Crippen LogP contribution in [0.15, 0.2) is 24.7 Å². The van der Waals surface area contributed by atoms with Crippen LogP contribution in [0.2, 0.25) is 10.2 Å². The Balaban J connectivity index is 1.86. The van der Waals surface area contributed by atoms with Crippen LogP contribution in [-0.4, -0.2) is 20.4 Å². The second-order valence-electron chi connectivity index (χ2n) is 4.33. The number of amides is 1. The summed E-state index contributed by atoms with van der Waals surface area (Å²) in [5.41, 5.74) is 0.509. The zero-order valence-electron chi connectivity index (χ0n) is 9.81. The molecule has 1 amide bonds. The van der Waals surface area contributed by atoms with Crippen LogP contribution in [0.25, 0.3) is 0 Å². The quantitative estimate of drug-likeness (QED) is 0.946. The number of halogens is 2. The number of nitrogens with zero attached hydrogens (tertiary/aromatic N) is 3. The first-order valence-electron chi connectivity index (χ1n) is 5.80. The molecule has 0 unspecified atom stereocenters. The first-order valence-corrected chi connectivity index (χ1v) is 6.56. The molecule has 2 aromatic rings. The van der Waals surface area contributed by atoms with Gasteiger partial charge in [-0.2, -0.15) is 0 Å². The Labute approximate surface area is 119 Å². The summed E-state index contributed by atoms with van der Waals surface area (Å²) in [5, 5.41) is 3.34. The molecule has 1 N–H and O–H groups in total. The number of nitrogens with one attached hydrogen (secondary N) is 1. The van der Waals surface area contributed by atoms with Gasteiger partial charge in [-0.15, -0.1) is 0 Å². The van der Waals surface area contributed by atoms with Crippen LogP contribution in [0.4, 0.5) is 5.82 Å². The van der Waals surface area contributed by atoms with Crippen LogP contribution in [0.1, 0.15) is 29.4 Å². The highest BCUT2D eigenvalue weighted by atomic mass is 35.5. The zero-order chi connectivity index (χ0) is 13.4. The number of rotatable bonds is 3. The molecule has 98 valence electrons. The van der Waals surface area contributed by atoms with Gasteiger partial charge in [-0.05, 0) is 18.9 Å². The van der Waals surface area contributed by atoms with Crippen molar-refractivity contribution < 1.29 is 4.79 Å². The molecule has 2 aromatic heterocycles.